The molecule has 0 saturated heterocycles. The third-order valence-corrected chi connectivity index (χ3v) is 0. The molecule has 0 aromatic rings. The van der Waals surface area contributed by atoms with Gasteiger partial charge in [0, 0.05) is 6.26 Å². The predicted octanol–water partition coefficient (Wildman–Crippen LogP) is -8.28. The van der Waals surface area contributed by atoms with Crippen molar-refractivity contribution in [1.29, 1.82) is 5.26 Å². The van der Waals surface area contributed by atoms with E-state index in [9.17, 15) is 0 Å². The third-order valence-electron chi connectivity index (χ3n) is 0. The van der Waals surface area contributed by atoms with Gasteiger partial charge in [0.05, 0.1) is 0 Å². The Morgan fingerprint density at radius 1 is 1.56 bits per heavy atom. The summed E-state index contributed by atoms with van der Waals surface area (Å²) in [5, 5.41) is 30.3. The first kappa shape index (κ1) is 22.7. The van der Waals surface area contributed by atoms with Crippen molar-refractivity contribution in [3.63, 3.8) is 0 Å². The molecule has 9 heavy (non-hydrogen) atoms. The first-order valence-corrected chi connectivity index (χ1v) is 1.06. The zero-order valence-corrected chi connectivity index (χ0v) is 9.12. The molecule has 0 aromatic heterocycles. The summed E-state index contributed by atoms with van der Waals surface area (Å²) >= 11 is 0. The minimum absolute atomic E-state index is 0. The van der Waals surface area contributed by atoms with Crippen molar-refractivity contribution in [2.24, 2.45) is 0 Å². The van der Waals surface area contributed by atoms with E-state index < -0.39 is 6.16 Å². The van der Waals surface area contributed by atoms with E-state index in [2.05, 4.69) is 0 Å². The molecule has 7 heteroatoms. The van der Waals surface area contributed by atoms with E-state index in [4.69, 9.17) is 25.4 Å². The van der Waals surface area contributed by atoms with Crippen LogP contribution in [0.3, 0.4) is 0 Å². The topological polar surface area (TPSA) is 107 Å². The fourth-order valence-electron chi connectivity index (χ4n) is 0. The third kappa shape index (κ3) is 1170. The van der Waals surface area contributed by atoms with Gasteiger partial charge in [-0.3, -0.25) is 0 Å². The molecule has 0 rings (SSSR count). The normalized spacial score (nSPS) is 3.44. The summed E-state index contributed by atoms with van der Waals surface area (Å²) in [6, 6.07) is 0. The smallest absolute Gasteiger partial charge is 0.812 e. The van der Waals surface area contributed by atoms with Gasteiger partial charge in [-0.25, -0.2) is 5.26 Å². The largest absolute Gasteiger partial charge is 1.00 e. The summed E-state index contributed by atoms with van der Waals surface area (Å²) in [6.07, 6.45) is -1.58. The van der Waals surface area contributed by atoms with Crippen molar-refractivity contribution in [1.82, 2.24) is 0 Å². The van der Waals surface area contributed by atoms with Crippen molar-refractivity contribution in [2.75, 3.05) is 0 Å². The number of rotatable bonds is 0. The van der Waals surface area contributed by atoms with E-state index >= 15 is 0 Å². The van der Waals surface area contributed by atoms with Crippen LogP contribution in [0.15, 0.2) is 0 Å². The first-order valence-electron chi connectivity index (χ1n) is 1.06. The summed E-state index contributed by atoms with van der Waals surface area (Å²) < 4.78 is 0. The Balaban J connectivity index is -0.0000000233. The molecular weight excluding hydrogens is 148 g/mol. The number of hydrogen-bond acceptors (Lipinski definition) is 4. The van der Waals surface area contributed by atoms with E-state index in [1.54, 1.807) is 0 Å². The average Bonchev–Trinajstić information content (AvgIpc) is 1.33. The second-order valence-electron chi connectivity index (χ2n) is 0.357. The summed E-state index contributed by atoms with van der Waals surface area (Å²) in [5.74, 6) is 0. The van der Waals surface area contributed by atoms with E-state index in [-0.39, 0.29) is 59.1 Å². The number of carbonyl (C=O) groups is 1. The van der Waals surface area contributed by atoms with Crippen LogP contribution < -0.4 is 69.3 Å². The molecule has 40 valence electrons. The molecule has 0 unspecified atom stereocenters. The molecule has 0 aliphatic heterocycles. The summed E-state index contributed by atoms with van der Waals surface area (Å²) in [4.78, 5) is 8.44. The second-order valence-corrected chi connectivity index (χ2v) is 0.357. The van der Waals surface area contributed by atoms with Gasteiger partial charge in [-0.1, -0.05) is 0 Å². The monoisotopic (exact) mass is 149 g/mol. The standard InChI is InChI=1S/CHNO.CH2O3.2Na/c2-1-3;2-1(3)4;;/h3H;(H2,2,3,4);;/q;;2*+1/p-2. The number of nitriles is 1. The predicted molar refractivity (Wildman–Crippen MR) is 13.6 cm³/mol. The Hall–Kier alpha value is 0.560. The van der Waals surface area contributed by atoms with Crippen LogP contribution in [0.5, 0.6) is 0 Å². The minimum Gasteiger partial charge on any atom is -0.812 e. The molecule has 0 aliphatic rings. The molecule has 0 radical (unpaired) electrons. The van der Waals surface area contributed by atoms with Crippen molar-refractivity contribution in [3.8, 4) is 6.26 Å². The van der Waals surface area contributed by atoms with E-state index in [0.29, 0.717) is 6.26 Å². The zero-order valence-electron chi connectivity index (χ0n) is 5.12. The molecule has 0 aliphatic carbocycles. The first-order chi connectivity index (χ1) is 3.15. The molecule has 0 amide bonds. The molecule has 0 saturated carbocycles. The second kappa shape index (κ2) is 23.5. The Morgan fingerprint density at radius 2 is 1.56 bits per heavy atom. The SMILES string of the molecule is N#C[O-].O=C([O-])O.[Na+].[Na+]. The van der Waals surface area contributed by atoms with Crippen LogP contribution in [0.4, 0.5) is 4.79 Å². The quantitative estimate of drug-likeness (QED) is 0.272. The van der Waals surface area contributed by atoms with E-state index in [1.165, 1.54) is 0 Å². The maximum Gasteiger partial charge on any atom is 1.00 e. The van der Waals surface area contributed by atoms with E-state index in [0.717, 1.165) is 0 Å². The number of hydrogen-bond donors (Lipinski definition) is 1. The molecule has 0 aromatic carbocycles. The Kier molecular flexibility index (Phi) is 59.2. The van der Waals surface area contributed by atoms with Crippen LogP contribution >= 0.6 is 0 Å². The van der Waals surface area contributed by atoms with Crippen LogP contribution in [-0.4, -0.2) is 11.3 Å². The van der Waals surface area contributed by atoms with Gasteiger partial charge in [0.25, 0.3) is 0 Å². The molecule has 0 bridgehead atoms. The van der Waals surface area contributed by atoms with Crippen LogP contribution in [0.2, 0.25) is 0 Å². The van der Waals surface area contributed by atoms with Gasteiger partial charge in [-0.2, -0.15) is 0 Å². The number of nitrogens with zero attached hydrogens (tertiary/aromatic N) is 1. The molecule has 0 atom stereocenters. The van der Waals surface area contributed by atoms with Crippen LogP contribution in [0.1, 0.15) is 0 Å². The molecule has 1 N–H and O–H groups in total. The molecule has 5 nitrogen and oxygen atoms in total. The Bertz CT molecular complexity index is 85.1. The maximum absolute atomic E-state index is 8.44. The molecular formula is C2HNNa2O4. The van der Waals surface area contributed by atoms with Gasteiger partial charge < -0.3 is 20.1 Å². The maximum atomic E-state index is 8.44. The van der Waals surface area contributed by atoms with Gasteiger partial charge in [0.15, 0.2) is 0 Å². The van der Waals surface area contributed by atoms with E-state index in [1.807, 2.05) is 0 Å². The fraction of sp³-hybridized carbons (Fsp3) is 0. The zero-order chi connectivity index (χ0) is 6.28. The number of carboxylic acid groups (broad SMARTS) is 2. The van der Waals surface area contributed by atoms with Crippen molar-refractivity contribution < 1.29 is 79.2 Å². The van der Waals surface area contributed by atoms with Crippen molar-refractivity contribution in [2.45, 2.75) is 0 Å². The molecule has 0 heterocycles. The van der Waals surface area contributed by atoms with Crippen molar-refractivity contribution in [3.05, 3.63) is 0 Å². The Labute approximate surface area is 95.9 Å². The van der Waals surface area contributed by atoms with Gasteiger partial charge in [-0.15, -0.1) is 0 Å². The van der Waals surface area contributed by atoms with Gasteiger partial charge in [0.2, 0.25) is 6.16 Å². The average molecular weight is 149 g/mol. The van der Waals surface area contributed by atoms with Gasteiger partial charge in [-0.05, 0) is 0 Å². The fourth-order valence-corrected chi connectivity index (χ4v) is 0. The van der Waals surface area contributed by atoms with Crippen LogP contribution in [-0.2, 0) is 0 Å². The van der Waals surface area contributed by atoms with Crippen molar-refractivity contribution >= 4 is 6.16 Å². The summed E-state index contributed by atoms with van der Waals surface area (Å²) in [5.41, 5.74) is 0. The summed E-state index contributed by atoms with van der Waals surface area (Å²) in [6.45, 7) is 0. The van der Waals surface area contributed by atoms with Gasteiger partial charge >= 0.3 is 59.1 Å². The minimum atomic E-state index is -2.08. The van der Waals surface area contributed by atoms with Crippen LogP contribution in [0.25, 0.3) is 0 Å². The van der Waals surface area contributed by atoms with Crippen LogP contribution in [0, 0.1) is 11.5 Å². The van der Waals surface area contributed by atoms with Gasteiger partial charge in [0.1, 0.15) is 0 Å². The summed E-state index contributed by atoms with van der Waals surface area (Å²) in [7, 11) is 0. The Morgan fingerprint density at radius 3 is 1.56 bits per heavy atom. The molecule has 0 spiro atoms. The molecule has 0 fully saturated rings.